The topological polar surface area (TPSA) is 55.1 Å². The van der Waals surface area contributed by atoms with Crippen LogP contribution in [0.25, 0.3) is 0 Å². The van der Waals surface area contributed by atoms with E-state index in [0.717, 1.165) is 6.20 Å². The Morgan fingerprint density at radius 2 is 2.23 bits per heavy atom. The summed E-state index contributed by atoms with van der Waals surface area (Å²) in [5, 5.41) is 11.8. The number of alkyl halides is 2. The van der Waals surface area contributed by atoms with Gasteiger partial charge in [-0.1, -0.05) is 0 Å². The molecule has 0 spiro atoms. The Bertz CT molecular complexity index is 346. The molecular weight excluding hydrogens is 182 g/mol. The number of carbonyl (C=O) groups is 1. The van der Waals surface area contributed by atoms with Crippen molar-refractivity contribution in [2.24, 2.45) is 7.05 Å². The van der Waals surface area contributed by atoms with E-state index < -0.39 is 17.5 Å². The lowest BCUT2D eigenvalue weighted by molar-refractivity contribution is -0.166. The van der Waals surface area contributed by atoms with Crippen LogP contribution in [-0.2, 0) is 17.8 Å². The predicted molar refractivity (Wildman–Crippen MR) is 39.5 cm³/mol. The van der Waals surface area contributed by atoms with Gasteiger partial charge in [0.2, 0.25) is 0 Å². The molecule has 1 aromatic rings. The number of aromatic nitrogens is 2. The first-order valence-electron chi connectivity index (χ1n) is 3.47. The minimum absolute atomic E-state index is 0.146. The zero-order chi connectivity index (χ0) is 10.2. The van der Waals surface area contributed by atoms with E-state index in [1.165, 1.54) is 18.7 Å². The second kappa shape index (κ2) is 2.79. The second-order valence-corrected chi connectivity index (χ2v) is 2.65. The quantitative estimate of drug-likeness (QED) is 0.753. The SMILES string of the molecule is Cc1c(C(F)(F)C(=O)O)cnn1C. The molecule has 0 atom stereocenters. The third-order valence-electron chi connectivity index (χ3n) is 1.84. The smallest absolute Gasteiger partial charge is 0.379 e. The summed E-state index contributed by atoms with van der Waals surface area (Å²) in [6.07, 6.45) is 0.865. The van der Waals surface area contributed by atoms with E-state index in [1.807, 2.05) is 0 Å². The molecule has 1 N–H and O–H groups in total. The highest BCUT2D eigenvalue weighted by Gasteiger charge is 2.43. The molecule has 0 aliphatic carbocycles. The Hall–Kier alpha value is -1.46. The molecule has 13 heavy (non-hydrogen) atoms. The van der Waals surface area contributed by atoms with Gasteiger partial charge in [-0.3, -0.25) is 4.68 Å². The van der Waals surface area contributed by atoms with Gasteiger partial charge < -0.3 is 5.11 Å². The van der Waals surface area contributed by atoms with Crippen LogP contribution in [0.2, 0.25) is 0 Å². The van der Waals surface area contributed by atoms with Gasteiger partial charge in [0.25, 0.3) is 0 Å². The Kier molecular flexibility index (Phi) is 2.07. The molecule has 1 rings (SSSR count). The van der Waals surface area contributed by atoms with Crippen molar-refractivity contribution < 1.29 is 18.7 Å². The van der Waals surface area contributed by atoms with Crippen molar-refractivity contribution in [3.05, 3.63) is 17.5 Å². The van der Waals surface area contributed by atoms with Gasteiger partial charge in [-0.2, -0.15) is 13.9 Å². The molecule has 0 radical (unpaired) electrons. The fourth-order valence-corrected chi connectivity index (χ4v) is 0.922. The van der Waals surface area contributed by atoms with Gasteiger partial charge in [0, 0.05) is 12.7 Å². The van der Waals surface area contributed by atoms with Gasteiger partial charge in [-0.15, -0.1) is 0 Å². The molecule has 6 heteroatoms. The number of hydrogen-bond donors (Lipinski definition) is 1. The van der Waals surface area contributed by atoms with Gasteiger partial charge in [0.15, 0.2) is 0 Å². The maximum Gasteiger partial charge on any atom is 0.379 e. The lowest BCUT2D eigenvalue weighted by atomic mass is 10.1. The minimum atomic E-state index is -3.86. The zero-order valence-corrected chi connectivity index (χ0v) is 7.08. The average Bonchev–Trinajstić information content (AvgIpc) is 2.33. The van der Waals surface area contributed by atoms with Crippen LogP contribution in [0, 0.1) is 6.92 Å². The van der Waals surface area contributed by atoms with Crippen LogP contribution in [-0.4, -0.2) is 20.9 Å². The first-order valence-corrected chi connectivity index (χ1v) is 3.47. The fraction of sp³-hybridized carbons (Fsp3) is 0.429. The minimum Gasteiger partial charge on any atom is -0.477 e. The van der Waals surface area contributed by atoms with Crippen LogP contribution in [0.5, 0.6) is 0 Å². The molecule has 0 amide bonds. The summed E-state index contributed by atoms with van der Waals surface area (Å²) in [5.74, 6) is -6.03. The molecule has 72 valence electrons. The van der Waals surface area contributed by atoms with Crippen molar-refractivity contribution in [2.75, 3.05) is 0 Å². The molecule has 0 saturated heterocycles. The Labute approximate surface area is 72.8 Å². The van der Waals surface area contributed by atoms with Crippen molar-refractivity contribution in [3.63, 3.8) is 0 Å². The number of halogens is 2. The molecule has 0 saturated carbocycles. The maximum atomic E-state index is 12.9. The largest absolute Gasteiger partial charge is 0.477 e. The molecule has 0 aliphatic heterocycles. The normalized spacial score (nSPS) is 11.7. The number of aliphatic carboxylic acids is 1. The van der Waals surface area contributed by atoms with E-state index in [2.05, 4.69) is 5.10 Å². The molecule has 0 fully saturated rings. The van der Waals surface area contributed by atoms with E-state index in [9.17, 15) is 13.6 Å². The van der Waals surface area contributed by atoms with Crippen molar-refractivity contribution in [1.82, 2.24) is 9.78 Å². The van der Waals surface area contributed by atoms with E-state index in [0.29, 0.717) is 0 Å². The molecule has 0 aromatic carbocycles. The third-order valence-corrected chi connectivity index (χ3v) is 1.84. The summed E-state index contributed by atoms with van der Waals surface area (Å²) in [5.41, 5.74) is -0.421. The zero-order valence-electron chi connectivity index (χ0n) is 7.08. The Morgan fingerprint density at radius 3 is 2.54 bits per heavy atom. The Balaban J connectivity index is 3.22. The number of hydrogen-bond acceptors (Lipinski definition) is 2. The standard InChI is InChI=1S/C7H8F2N2O2/c1-4-5(3-10-11(4)2)7(8,9)6(12)13/h3H,1-2H3,(H,12,13). The van der Waals surface area contributed by atoms with Crippen molar-refractivity contribution in [2.45, 2.75) is 12.8 Å². The summed E-state index contributed by atoms with van der Waals surface area (Å²) in [6.45, 7) is 1.39. The highest BCUT2D eigenvalue weighted by Crippen LogP contribution is 2.29. The van der Waals surface area contributed by atoms with Crippen LogP contribution in [0.4, 0.5) is 8.78 Å². The van der Waals surface area contributed by atoms with E-state index in [1.54, 1.807) is 0 Å². The number of nitrogens with zero attached hydrogens (tertiary/aromatic N) is 2. The van der Waals surface area contributed by atoms with Crippen LogP contribution >= 0.6 is 0 Å². The lowest BCUT2D eigenvalue weighted by Gasteiger charge is -2.09. The number of carboxylic acid groups (broad SMARTS) is 1. The van der Waals surface area contributed by atoms with E-state index >= 15 is 0 Å². The number of rotatable bonds is 2. The van der Waals surface area contributed by atoms with Crippen LogP contribution in [0.3, 0.4) is 0 Å². The van der Waals surface area contributed by atoms with Gasteiger partial charge in [-0.25, -0.2) is 4.79 Å². The molecule has 0 unspecified atom stereocenters. The highest BCUT2D eigenvalue weighted by atomic mass is 19.3. The number of carboxylic acids is 1. The molecule has 0 bridgehead atoms. The van der Waals surface area contributed by atoms with E-state index in [-0.39, 0.29) is 5.69 Å². The molecule has 4 nitrogen and oxygen atoms in total. The van der Waals surface area contributed by atoms with Gasteiger partial charge in [0.05, 0.1) is 11.8 Å². The van der Waals surface area contributed by atoms with Crippen LogP contribution < -0.4 is 0 Å². The van der Waals surface area contributed by atoms with E-state index in [4.69, 9.17) is 5.11 Å². The number of aryl methyl sites for hydroxylation is 1. The van der Waals surface area contributed by atoms with Gasteiger partial charge in [0.1, 0.15) is 0 Å². The van der Waals surface area contributed by atoms with Crippen molar-refractivity contribution in [1.29, 1.82) is 0 Å². The summed E-state index contributed by atoms with van der Waals surface area (Å²) < 4.78 is 27.0. The maximum absolute atomic E-state index is 12.9. The fourth-order valence-electron chi connectivity index (χ4n) is 0.922. The molecule has 1 aromatic heterocycles. The van der Waals surface area contributed by atoms with Crippen LogP contribution in [0.15, 0.2) is 6.20 Å². The van der Waals surface area contributed by atoms with Crippen LogP contribution in [0.1, 0.15) is 11.3 Å². The average molecular weight is 190 g/mol. The van der Waals surface area contributed by atoms with Gasteiger partial charge >= 0.3 is 11.9 Å². The summed E-state index contributed by atoms with van der Waals surface area (Å²) in [4.78, 5) is 10.2. The second-order valence-electron chi connectivity index (χ2n) is 2.65. The summed E-state index contributed by atoms with van der Waals surface area (Å²) >= 11 is 0. The van der Waals surface area contributed by atoms with Crippen molar-refractivity contribution >= 4 is 5.97 Å². The monoisotopic (exact) mass is 190 g/mol. The van der Waals surface area contributed by atoms with Crippen molar-refractivity contribution in [3.8, 4) is 0 Å². The first-order chi connectivity index (χ1) is 5.87. The molecular formula is C7H8F2N2O2. The summed E-state index contributed by atoms with van der Waals surface area (Å²) in [7, 11) is 1.47. The highest BCUT2D eigenvalue weighted by molar-refractivity contribution is 5.77. The molecule has 1 heterocycles. The summed E-state index contributed by atoms with van der Waals surface area (Å²) in [6, 6.07) is 0. The van der Waals surface area contributed by atoms with Gasteiger partial charge in [-0.05, 0) is 6.92 Å². The third kappa shape index (κ3) is 1.39. The predicted octanol–water partition coefficient (Wildman–Crippen LogP) is 0.905. The Morgan fingerprint density at radius 1 is 1.69 bits per heavy atom. The molecule has 0 aliphatic rings. The lowest BCUT2D eigenvalue weighted by Crippen LogP contribution is -2.25. The first kappa shape index (κ1) is 9.63.